The second-order valence-corrected chi connectivity index (χ2v) is 7.64. The van der Waals surface area contributed by atoms with Crippen molar-refractivity contribution in [3.63, 3.8) is 0 Å². The summed E-state index contributed by atoms with van der Waals surface area (Å²) in [7, 11) is 0. The van der Waals surface area contributed by atoms with Gasteiger partial charge in [-0.3, -0.25) is 19.7 Å². The van der Waals surface area contributed by atoms with Crippen molar-refractivity contribution in [2.45, 2.75) is 43.9 Å². The van der Waals surface area contributed by atoms with E-state index in [2.05, 4.69) is 10.6 Å². The van der Waals surface area contributed by atoms with E-state index in [0.29, 0.717) is 36.6 Å². The fourth-order valence-corrected chi connectivity index (χ4v) is 4.40. The molecule has 1 atom stereocenters. The lowest BCUT2D eigenvalue weighted by molar-refractivity contribution is -0.136. The number of hydrogen-bond acceptors (Lipinski definition) is 6. The Kier molecular flexibility index (Phi) is 3.65. The highest BCUT2D eigenvalue weighted by atomic mass is 16.6. The molecule has 2 fully saturated rings. The molecule has 8 nitrogen and oxygen atoms in total. The number of nitrogens with one attached hydrogen (secondary N) is 2. The summed E-state index contributed by atoms with van der Waals surface area (Å²) in [6.07, 6.45) is 2.28. The highest BCUT2D eigenvalue weighted by molar-refractivity contribution is 6.05. The van der Waals surface area contributed by atoms with Gasteiger partial charge in [-0.25, -0.2) is 0 Å². The summed E-state index contributed by atoms with van der Waals surface area (Å²) in [5.74, 6) is 0.381. The van der Waals surface area contributed by atoms with Gasteiger partial charge in [-0.05, 0) is 31.6 Å². The molecular weight excluding hydrogens is 350 g/mol. The molecule has 5 rings (SSSR count). The van der Waals surface area contributed by atoms with Crippen molar-refractivity contribution in [3.05, 3.63) is 23.3 Å². The first-order valence-electron chi connectivity index (χ1n) is 9.39. The third-order valence-corrected chi connectivity index (χ3v) is 5.95. The van der Waals surface area contributed by atoms with Crippen LogP contribution >= 0.6 is 0 Å². The number of benzene rings is 1. The molecule has 2 saturated heterocycles. The van der Waals surface area contributed by atoms with Crippen LogP contribution in [0.3, 0.4) is 0 Å². The van der Waals surface area contributed by atoms with E-state index in [4.69, 9.17) is 9.47 Å². The van der Waals surface area contributed by atoms with Crippen molar-refractivity contribution in [3.8, 4) is 11.5 Å². The minimum atomic E-state index is -0.629. The van der Waals surface area contributed by atoms with Gasteiger partial charge in [0.15, 0.2) is 11.5 Å². The van der Waals surface area contributed by atoms with E-state index in [1.165, 1.54) is 0 Å². The summed E-state index contributed by atoms with van der Waals surface area (Å²) < 4.78 is 12.4. The molecule has 8 heteroatoms. The molecule has 1 aromatic rings. The number of ether oxygens (including phenoxy) is 2. The average molecular weight is 371 g/mol. The second kappa shape index (κ2) is 5.95. The van der Waals surface area contributed by atoms with Crippen molar-refractivity contribution in [2.75, 3.05) is 19.7 Å². The Hall–Kier alpha value is -2.61. The lowest BCUT2D eigenvalue weighted by atomic mass is 9.91. The Morgan fingerprint density at radius 2 is 1.96 bits per heavy atom. The van der Waals surface area contributed by atoms with Gasteiger partial charge in [0.1, 0.15) is 18.2 Å². The summed E-state index contributed by atoms with van der Waals surface area (Å²) in [6, 6.07) is 2.88. The zero-order valence-electron chi connectivity index (χ0n) is 14.9. The van der Waals surface area contributed by atoms with Crippen LogP contribution < -0.4 is 20.1 Å². The van der Waals surface area contributed by atoms with Crippen LogP contribution in [0.5, 0.6) is 11.5 Å². The van der Waals surface area contributed by atoms with Crippen LogP contribution in [0.4, 0.5) is 0 Å². The molecule has 0 aromatic heterocycles. The first-order valence-corrected chi connectivity index (χ1v) is 9.39. The van der Waals surface area contributed by atoms with E-state index < -0.39 is 11.9 Å². The van der Waals surface area contributed by atoms with Crippen LogP contribution in [0.1, 0.15) is 41.6 Å². The molecule has 0 unspecified atom stereocenters. The average Bonchev–Trinajstić information content (AvgIpc) is 3.00. The number of hydrogen-bond donors (Lipinski definition) is 2. The Labute approximate surface area is 156 Å². The molecule has 4 heterocycles. The van der Waals surface area contributed by atoms with Crippen LogP contribution in [0.15, 0.2) is 12.1 Å². The maximum absolute atomic E-state index is 12.9. The number of carbonyl (C=O) groups is 3. The molecule has 1 spiro atoms. The topological polar surface area (TPSA) is 97.0 Å². The van der Waals surface area contributed by atoms with Gasteiger partial charge in [0.05, 0.1) is 6.54 Å². The van der Waals surface area contributed by atoms with Gasteiger partial charge in [0.2, 0.25) is 11.8 Å². The molecule has 1 aromatic carbocycles. The summed E-state index contributed by atoms with van der Waals surface area (Å²) in [4.78, 5) is 38.1. The van der Waals surface area contributed by atoms with Crippen LogP contribution in [-0.2, 0) is 16.1 Å². The first kappa shape index (κ1) is 16.6. The van der Waals surface area contributed by atoms with Crippen LogP contribution in [-0.4, -0.2) is 54.0 Å². The molecule has 3 amide bonds. The number of rotatable bonds is 1. The third-order valence-electron chi connectivity index (χ3n) is 5.95. The molecular formula is C19H21N3O5. The molecule has 142 valence electrons. The Morgan fingerprint density at radius 3 is 2.74 bits per heavy atom. The van der Waals surface area contributed by atoms with E-state index in [1.54, 1.807) is 17.0 Å². The largest absolute Gasteiger partial charge is 0.486 e. The highest BCUT2D eigenvalue weighted by Gasteiger charge is 2.45. The van der Waals surface area contributed by atoms with Gasteiger partial charge >= 0.3 is 0 Å². The van der Waals surface area contributed by atoms with Gasteiger partial charge in [-0.2, -0.15) is 0 Å². The SMILES string of the molecule is O=C1CC[C@H](N2Cc3c(ccc4c3OC3(CCNCC3)CO4)C2=O)C(=O)N1. The Morgan fingerprint density at radius 1 is 1.15 bits per heavy atom. The summed E-state index contributed by atoms with van der Waals surface area (Å²) >= 11 is 0. The molecule has 4 aliphatic heterocycles. The molecule has 0 aliphatic carbocycles. The zero-order valence-corrected chi connectivity index (χ0v) is 14.9. The normalized spacial score (nSPS) is 26.1. The molecule has 0 radical (unpaired) electrons. The van der Waals surface area contributed by atoms with Crippen molar-refractivity contribution >= 4 is 17.7 Å². The van der Waals surface area contributed by atoms with Crippen LogP contribution in [0.2, 0.25) is 0 Å². The van der Waals surface area contributed by atoms with Gasteiger partial charge in [-0.1, -0.05) is 0 Å². The number of amides is 3. The predicted octanol–water partition coefficient (Wildman–Crippen LogP) is 0.341. The number of piperidine rings is 2. The standard InChI is InChI=1S/C19H21N3O5/c23-15-4-2-13(17(24)21-15)22-9-12-11(18(22)25)1-3-14-16(12)27-19(10-26-14)5-7-20-8-6-19/h1,3,13,20H,2,4-10H2,(H,21,23,24)/t13-/m0/s1. The Bertz CT molecular complexity index is 846. The van der Waals surface area contributed by atoms with Gasteiger partial charge < -0.3 is 19.7 Å². The van der Waals surface area contributed by atoms with E-state index >= 15 is 0 Å². The molecule has 4 aliphatic rings. The van der Waals surface area contributed by atoms with Crippen molar-refractivity contribution in [1.82, 2.24) is 15.5 Å². The number of imide groups is 1. The molecule has 2 N–H and O–H groups in total. The maximum Gasteiger partial charge on any atom is 0.255 e. The summed E-state index contributed by atoms with van der Waals surface area (Å²) in [5.41, 5.74) is 0.964. The number of fused-ring (bicyclic) bond motifs is 3. The summed E-state index contributed by atoms with van der Waals surface area (Å²) in [6.45, 7) is 2.54. The second-order valence-electron chi connectivity index (χ2n) is 7.64. The fraction of sp³-hybridized carbons (Fsp3) is 0.526. The minimum absolute atomic E-state index is 0.198. The zero-order chi connectivity index (χ0) is 18.6. The van der Waals surface area contributed by atoms with E-state index in [1.807, 2.05) is 0 Å². The van der Waals surface area contributed by atoms with Gasteiger partial charge in [-0.15, -0.1) is 0 Å². The van der Waals surface area contributed by atoms with Crippen LogP contribution in [0, 0.1) is 0 Å². The lowest BCUT2D eigenvalue weighted by Gasteiger charge is -2.41. The van der Waals surface area contributed by atoms with Gasteiger partial charge in [0.25, 0.3) is 5.91 Å². The lowest BCUT2D eigenvalue weighted by Crippen LogP contribution is -2.52. The maximum atomic E-state index is 12.9. The van der Waals surface area contributed by atoms with E-state index in [-0.39, 0.29) is 23.8 Å². The Balaban J connectivity index is 1.46. The smallest absolute Gasteiger partial charge is 0.255 e. The summed E-state index contributed by atoms with van der Waals surface area (Å²) in [5, 5.41) is 5.66. The highest BCUT2D eigenvalue weighted by Crippen LogP contribution is 2.45. The predicted molar refractivity (Wildman–Crippen MR) is 93.4 cm³/mol. The quantitative estimate of drug-likeness (QED) is 0.691. The number of carbonyl (C=O) groups excluding carboxylic acids is 3. The van der Waals surface area contributed by atoms with Gasteiger partial charge in [0, 0.05) is 30.4 Å². The van der Waals surface area contributed by atoms with E-state index in [0.717, 1.165) is 31.5 Å². The fourth-order valence-electron chi connectivity index (χ4n) is 4.40. The van der Waals surface area contributed by atoms with Crippen molar-refractivity contribution in [1.29, 1.82) is 0 Å². The molecule has 0 saturated carbocycles. The van der Waals surface area contributed by atoms with E-state index in [9.17, 15) is 14.4 Å². The van der Waals surface area contributed by atoms with Crippen molar-refractivity contribution < 1.29 is 23.9 Å². The molecule has 0 bridgehead atoms. The van der Waals surface area contributed by atoms with Crippen molar-refractivity contribution in [2.24, 2.45) is 0 Å². The number of nitrogens with zero attached hydrogens (tertiary/aromatic N) is 1. The minimum Gasteiger partial charge on any atom is -0.486 e. The monoisotopic (exact) mass is 371 g/mol. The third kappa shape index (κ3) is 2.58. The molecule has 27 heavy (non-hydrogen) atoms. The first-order chi connectivity index (χ1) is 13.1. The van der Waals surface area contributed by atoms with Crippen LogP contribution in [0.25, 0.3) is 0 Å².